The van der Waals surface area contributed by atoms with Gasteiger partial charge in [-0.15, -0.1) is 0 Å². The van der Waals surface area contributed by atoms with Crippen molar-refractivity contribution in [1.82, 2.24) is 5.32 Å². The van der Waals surface area contributed by atoms with Crippen molar-refractivity contribution in [3.05, 3.63) is 65.2 Å². The minimum absolute atomic E-state index is 0.0842. The number of hydrogen-bond donors (Lipinski definition) is 2. The molecule has 0 saturated carbocycles. The van der Waals surface area contributed by atoms with Crippen molar-refractivity contribution in [1.29, 1.82) is 0 Å². The molecule has 0 heterocycles. The molecule has 0 atom stereocenters. The highest BCUT2D eigenvalue weighted by Crippen LogP contribution is 2.12. The average molecular weight is 327 g/mol. The van der Waals surface area contributed by atoms with Gasteiger partial charge in [0.05, 0.1) is 0 Å². The summed E-state index contributed by atoms with van der Waals surface area (Å²) >= 11 is 0. The van der Waals surface area contributed by atoms with Gasteiger partial charge in [0.2, 0.25) is 0 Å². The molecule has 5 nitrogen and oxygen atoms in total. The molecule has 5 heteroatoms. The molecular weight excluding hydrogens is 306 g/mol. The number of aryl methyl sites for hydroxylation is 1. The van der Waals surface area contributed by atoms with Crippen LogP contribution in [0.15, 0.2) is 48.5 Å². The highest BCUT2D eigenvalue weighted by atomic mass is 16.5. The quantitative estimate of drug-likeness (QED) is 0.781. The Balaban J connectivity index is 1.78. The topological polar surface area (TPSA) is 75.6 Å². The van der Waals surface area contributed by atoms with E-state index < -0.39 is 5.97 Å². The van der Waals surface area contributed by atoms with Gasteiger partial charge < -0.3 is 15.2 Å². The predicted molar refractivity (Wildman–Crippen MR) is 91.4 cm³/mol. The summed E-state index contributed by atoms with van der Waals surface area (Å²) in [5.41, 5.74) is 2.90. The lowest BCUT2D eigenvalue weighted by Gasteiger charge is -2.07. The molecular formula is C19H21NO4. The van der Waals surface area contributed by atoms with Gasteiger partial charge in [0.1, 0.15) is 5.75 Å². The van der Waals surface area contributed by atoms with Crippen LogP contribution in [0.5, 0.6) is 5.75 Å². The highest BCUT2D eigenvalue weighted by Gasteiger charge is 2.05. The summed E-state index contributed by atoms with van der Waals surface area (Å²) in [4.78, 5) is 22.5. The molecule has 126 valence electrons. The molecule has 0 aliphatic rings. The molecule has 2 aromatic carbocycles. The van der Waals surface area contributed by atoms with E-state index >= 15 is 0 Å². The fourth-order valence-electron chi connectivity index (χ4n) is 2.21. The van der Waals surface area contributed by atoms with Gasteiger partial charge in [-0.05, 0) is 48.2 Å². The van der Waals surface area contributed by atoms with Gasteiger partial charge in [0, 0.05) is 12.1 Å². The van der Waals surface area contributed by atoms with Crippen molar-refractivity contribution in [2.75, 3.05) is 13.2 Å². The summed E-state index contributed by atoms with van der Waals surface area (Å²) in [6.07, 6.45) is 1.64. The van der Waals surface area contributed by atoms with Crippen molar-refractivity contribution in [3.8, 4) is 5.75 Å². The highest BCUT2D eigenvalue weighted by molar-refractivity contribution is 5.94. The van der Waals surface area contributed by atoms with E-state index in [1.807, 2.05) is 36.4 Å². The number of rotatable bonds is 8. The van der Waals surface area contributed by atoms with Crippen LogP contribution in [0.2, 0.25) is 0 Å². The van der Waals surface area contributed by atoms with E-state index in [2.05, 4.69) is 12.2 Å². The van der Waals surface area contributed by atoms with Crippen LogP contribution >= 0.6 is 0 Å². The summed E-state index contributed by atoms with van der Waals surface area (Å²) in [7, 11) is 0. The third-order valence-corrected chi connectivity index (χ3v) is 3.61. The molecule has 0 aliphatic heterocycles. The van der Waals surface area contributed by atoms with E-state index in [4.69, 9.17) is 9.84 Å². The SMILES string of the molecule is CCc1ccc(C(=O)NCCc2ccc(OCC(=O)O)cc2)cc1. The summed E-state index contributed by atoms with van der Waals surface area (Å²) in [6.45, 7) is 2.25. The number of carboxylic acids is 1. The van der Waals surface area contributed by atoms with Gasteiger partial charge in [-0.3, -0.25) is 4.79 Å². The average Bonchev–Trinajstić information content (AvgIpc) is 2.61. The lowest BCUT2D eigenvalue weighted by Crippen LogP contribution is -2.25. The third kappa shape index (κ3) is 5.43. The third-order valence-electron chi connectivity index (χ3n) is 3.61. The fourth-order valence-corrected chi connectivity index (χ4v) is 2.21. The van der Waals surface area contributed by atoms with Crippen molar-refractivity contribution >= 4 is 11.9 Å². The number of benzene rings is 2. The number of amides is 1. The standard InChI is InChI=1S/C19H21NO4/c1-2-14-3-7-16(8-4-14)19(23)20-12-11-15-5-9-17(10-6-15)24-13-18(21)22/h3-10H,2,11-13H2,1H3,(H,20,23)(H,21,22). The van der Waals surface area contributed by atoms with Crippen LogP contribution in [0.25, 0.3) is 0 Å². The van der Waals surface area contributed by atoms with E-state index in [-0.39, 0.29) is 12.5 Å². The minimum atomic E-state index is -1.01. The van der Waals surface area contributed by atoms with Crippen molar-refractivity contribution in [2.45, 2.75) is 19.8 Å². The number of carboxylic acid groups (broad SMARTS) is 1. The molecule has 0 radical (unpaired) electrons. The molecule has 1 amide bonds. The predicted octanol–water partition coefficient (Wildman–Crippen LogP) is 2.68. The van der Waals surface area contributed by atoms with Gasteiger partial charge in [-0.1, -0.05) is 31.2 Å². The van der Waals surface area contributed by atoms with Crippen LogP contribution < -0.4 is 10.1 Å². The van der Waals surface area contributed by atoms with Crippen molar-refractivity contribution in [3.63, 3.8) is 0 Å². The van der Waals surface area contributed by atoms with Gasteiger partial charge in [0.25, 0.3) is 5.91 Å². The van der Waals surface area contributed by atoms with E-state index in [0.717, 1.165) is 12.0 Å². The van der Waals surface area contributed by atoms with Crippen LogP contribution in [0, 0.1) is 0 Å². The Bertz CT molecular complexity index is 678. The first-order chi connectivity index (χ1) is 11.6. The van der Waals surface area contributed by atoms with Gasteiger partial charge in [0.15, 0.2) is 6.61 Å². The number of aliphatic carboxylic acids is 1. The summed E-state index contributed by atoms with van der Waals surface area (Å²) < 4.78 is 5.07. The first-order valence-corrected chi connectivity index (χ1v) is 7.89. The molecule has 0 aromatic heterocycles. The molecule has 0 fully saturated rings. The second-order valence-electron chi connectivity index (χ2n) is 5.38. The van der Waals surface area contributed by atoms with E-state index in [0.29, 0.717) is 24.3 Å². The molecule has 0 bridgehead atoms. The minimum Gasteiger partial charge on any atom is -0.482 e. The number of nitrogens with one attached hydrogen (secondary N) is 1. The zero-order valence-corrected chi connectivity index (χ0v) is 13.6. The van der Waals surface area contributed by atoms with Crippen LogP contribution in [0.4, 0.5) is 0 Å². The zero-order chi connectivity index (χ0) is 17.4. The van der Waals surface area contributed by atoms with Crippen LogP contribution in [-0.2, 0) is 17.6 Å². The Labute approximate surface area is 141 Å². The molecule has 0 aliphatic carbocycles. The Kier molecular flexibility index (Phi) is 6.37. The number of ether oxygens (including phenoxy) is 1. The second kappa shape index (κ2) is 8.72. The smallest absolute Gasteiger partial charge is 0.341 e. The molecule has 2 aromatic rings. The van der Waals surface area contributed by atoms with Gasteiger partial charge in [-0.2, -0.15) is 0 Å². The maximum Gasteiger partial charge on any atom is 0.341 e. The fraction of sp³-hybridized carbons (Fsp3) is 0.263. The summed E-state index contributed by atoms with van der Waals surface area (Å²) in [6, 6.07) is 14.8. The lowest BCUT2D eigenvalue weighted by molar-refractivity contribution is -0.139. The van der Waals surface area contributed by atoms with E-state index in [1.54, 1.807) is 12.1 Å². The monoisotopic (exact) mass is 327 g/mol. The second-order valence-corrected chi connectivity index (χ2v) is 5.38. The zero-order valence-electron chi connectivity index (χ0n) is 13.6. The molecule has 0 spiro atoms. The number of carbonyl (C=O) groups excluding carboxylic acids is 1. The van der Waals surface area contributed by atoms with Crippen LogP contribution in [0.3, 0.4) is 0 Å². The first-order valence-electron chi connectivity index (χ1n) is 7.89. The molecule has 2 N–H and O–H groups in total. The number of carbonyl (C=O) groups is 2. The van der Waals surface area contributed by atoms with E-state index in [1.165, 1.54) is 5.56 Å². The molecule has 24 heavy (non-hydrogen) atoms. The molecule has 0 saturated heterocycles. The summed E-state index contributed by atoms with van der Waals surface area (Å²) in [5.74, 6) is -0.575. The Hall–Kier alpha value is -2.82. The van der Waals surface area contributed by atoms with Gasteiger partial charge >= 0.3 is 5.97 Å². The molecule has 2 rings (SSSR count). The maximum atomic E-state index is 12.1. The largest absolute Gasteiger partial charge is 0.482 e. The van der Waals surface area contributed by atoms with Gasteiger partial charge in [-0.25, -0.2) is 4.79 Å². The number of hydrogen-bond acceptors (Lipinski definition) is 3. The summed E-state index contributed by atoms with van der Waals surface area (Å²) in [5, 5.41) is 11.4. The van der Waals surface area contributed by atoms with Crippen molar-refractivity contribution < 1.29 is 19.4 Å². The Morgan fingerprint density at radius 3 is 2.21 bits per heavy atom. The van der Waals surface area contributed by atoms with E-state index in [9.17, 15) is 9.59 Å². The Morgan fingerprint density at radius 2 is 1.62 bits per heavy atom. The van der Waals surface area contributed by atoms with Crippen LogP contribution in [-0.4, -0.2) is 30.1 Å². The normalized spacial score (nSPS) is 10.2. The van der Waals surface area contributed by atoms with Crippen molar-refractivity contribution in [2.24, 2.45) is 0 Å². The lowest BCUT2D eigenvalue weighted by atomic mass is 10.1. The molecule has 0 unspecified atom stereocenters. The first kappa shape index (κ1) is 17.5. The Morgan fingerprint density at radius 1 is 1.00 bits per heavy atom. The maximum absolute atomic E-state index is 12.1. The van der Waals surface area contributed by atoms with Crippen LogP contribution in [0.1, 0.15) is 28.4 Å².